The number of hydrogen-bond acceptors (Lipinski definition) is 3. The van der Waals surface area contributed by atoms with Gasteiger partial charge in [-0.15, -0.1) is 11.8 Å². The van der Waals surface area contributed by atoms with Crippen molar-refractivity contribution in [2.45, 2.75) is 50.2 Å². The molecule has 0 heterocycles. The molecule has 0 saturated carbocycles. The van der Waals surface area contributed by atoms with Crippen LogP contribution in [0.1, 0.15) is 45.6 Å². The van der Waals surface area contributed by atoms with Crippen LogP contribution in [-0.4, -0.2) is 17.1 Å². The second-order valence-corrected chi connectivity index (χ2v) is 7.77. The smallest absolute Gasteiger partial charge is 0.237 e. The Bertz CT molecular complexity index is 759. The van der Waals surface area contributed by atoms with Crippen molar-refractivity contribution in [2.24, 2.45) is 0 Å². The van der Waals surface area contributed by atoms with Crippen molar-refractivity contribution in [1.82, 2.24) is 0 Å². The van der Waals surface area contributed by atoms with Crippen molar-refractivity contribution in [3.05, 3.63) is 54.1 Å². The molecule has 2 amide bonds. The van der Waals surface area contributed by atoms with Gasteiger partial charge >= 0.3 is 0 Å². The van der Waals surface area contributed by atoms with Crippen molar-refractivity contribution in [2.75, 3.05) is 10.6 Å². The van der Waals surface area contributed by atoms with Crippen LogP contribution in [0.2, 0.25) is 0 Å². The molecule has 0 bridgehead atoms. The largest absolute Gasteiger partial charge is 0.326 e. The van der Waals surface area contributed by atoms with Crippen molar-refractivity contribution in [3.8, 4) is 0 Å². The third kappa shape index (κ3) is 5.63. The lowest BCUT2D eigenvalue weighted by Gasteiger charge is -2.18. The van der Waals surface area contributed by atoms with Gasteiger partial charge in [0.1, 0.15) is 0 Å². The summed E-state index contributed by atoms with van der Waals surface area (Å²) in [6.07, 6.45) is 1.03. The van der Waals surface area contributed by atoms with Gasteiger partial charge in [-0.05, 0) is 55.2 Å². The third-order valence-corrected chi connectivity index (χ3v) is 5.33. The summed E-state index contributed by atoms with van der Waals surface area (Å²) < 4.78 is 0. The Morgan fingerprint density at radius 3 is 2.27 bits per heavy atom. The first-order chi connectivity index (χ1) is 12.4. The SMILES string of the molecule is CC[C@H](C)c1ccccc1NC(=O)[C@H](C)Sc1ccc(NC(C)=O)cc1. The minimum absolute atomic E-state index is 0.0170. The molecule has 0 aliphatic carbocycles. The van der Waals surface area contributed by atoms with Crippen LogP contribution in [0.4, 0.5) is 11.4 Å². The van der Waals surface area contributed by atoms with Gasteiger partial charge in [0.05, 0.1) is 5.25 Å². The predicted octanol–water partition coefficient (Wildman–Crippen LogP) is 5.28. The number of anilines is 2. The molecule has 26 heavy (non-hydrogen) atoms. The summed E-state index contributed by atoms with van der Waals surface area (Å²) in [5, 5.41) is 5.57. The Labute approximate surface area is 159 Å². The van der Waals surface area contributed by atoms with Crippen LogP contribution in [-0.2, 0) is 9.59 Å². The Balaban J connectivity index is 2.01. The quantitative estimate of drug-likeness (QED) is 0.652. The molecule has 2 aromatic rings. The number of carbonyl (C=O) groups excluding carboxylic acids is 2. The minimum Gasteiger partial charge on any atom is -0.326 e. The number of para-hydroxylation sites is 1. The van der Waals surface area contributed by atoms with E-state index >= 15 is 0 Å². The normalized spacial score (nSPS) is 12.9. The van der Waals surface area contributed by atoms with E-state index in [0.29, 0.717) is 5.92 Å². The number of hydrogen-bond donors (Lipinski definition) is 2. The number of rotatable bonds is 7. The van der Waals surface area contributed by atoms with Crippen molar-refractivity contribution in [3.63, 3.8) is 0 Å². The zero-order valence-electron chi connectivity index (χ0n) is 15.7. The molecule has 0 unspecified atom stereocenters. The molecule has 2 aromatic carbocycles. The van der Waals surface area contributed by atoms with Gasteiger partial charge in [0, 0.05) is 23.2 Å². The average molecular weight is 371 g/mol. The lowest BCUT2D eigenvalue weighted by atomic mass is 9.97. The van der Waals surface area contributed by atoms with E-state index in [1.54, 1.807) is 0 Å². The van der Waals surface area contributed by atoms with E-state index in [9.17, 15) is 9.59 Å². The summed E-state index contributed by atoms with van der Waals surface area (Å²) in [4.78, 5) is 24.7. The van der Waals surface area contributed by atoms with E-state index < -0.39 is 0 Å². The monoisotopic (exact) mass is 370 g/mol. The van der Waals surface area contributed by atoms with Crippen LogP contribution in [0.3, 0.4) is 0 Å². The molecule has 0 aliphatic rings. The molecule has 2 atom stereocenters. The Morgan fingerprint density at radius 1 is 1.00 bits per heavy atom. The van der Waals surface area contributed by atoms with Crippen LogP contribution in [0, 0.1) is 0 Å². The van der Waals surface area contributed by atoms with Crippen LogP contribution >= 0.6 is 11.8 Å². The molecule has 0 aliphatic heterocycles. The van der Waals surface area contributed by atoms with Gasteiger partial charge in [-0.2, -0.15) is 0 Å². The van der Waals surface area contributed by atoms with E-state index in [1.165, 1.54) is 24.2 Å². The Morgan fingerprint density at radius 2 is 1.65 bits per heavy atom. The summed E-state index contributed by atoms with van der Waals surface area (Å²) in [5.74, 6) is 0.283. The summed E-state index contributed by atoms with van der Waals surface area (Å²) in [6, 6.07) is 15.5. The second kappa shape index (κ2) is 9.43. The van der Waals surface area contributed by atoms with Crippen LogP contribution in [0.15, 0.2) is 53.4 Å². The highest BCUT2D eigenvalue weighted by Gasteiger charge is 2.17. The lowest BCUT2D eigenvalue weighted by molar-refractivity contribution is -0.115. The maximum absolute atomic E-state index is 12.6. The first kappa shape index (κ1) is 20.0. The van der Waals surface area contributed by atoms with E-state index in [0.717, 1.165) is 22.7 Å². The van der Waals surface area contributed by atoms with Crippen LogP contribution in [0.5, 0.6) is 0 Å². The van der Waals surface area contributed by atoms with Crippen molar-refractivity contribution in [1.29, 1.82) is 0 Å². The predicted molar refractivity (Wildman–Crippen MR) is 110 cm³/mol. The molecule has 0 spiro atoms. The molecule has 4 nitrogen and oxygen atoms in total. The van der Waals surface area contributed by atoms with Crippen LogP contribution < -0.4 is 10.6 Å². The first-order valence-corrected chi connectivity index (χ1v) is 9.72. The molecule has 0 aromatic heterocycles. The topological polar surface area (TPSA) is 58.2 Å². The summed E-state index contributed by atoms with van der Waals surface area (Å²) in [5.41, 5.74) is 2.81. The third-order valence-electron chi connectivity index (χ3n) is 4.22. The van der Waals surface area contributed by atoms with Gasteiger partial charge < -0.3 is 10.6 Å². The fourth-order valence-corrected chi connectivity index (χ4v) is 3.44. The van der Waals surface area contributed by atoms with Gasteiger partial charge in [-0.3, -0.25) is 9.59 Å². The van der Waals surface area contributed by atoms with E-state index in [4.69, 9.17) is 0 Å². The van der Waals surface area contributed by atoms with Gasteiger partial charge in [0.2, 0.25) is 11.8 Å². The molecule has 138 valence electrons. The van der Waals surface area contributed by atoms with E-state index in [2.05, 4.69) is 30.5 Å². The lowest BCUT2D eigenvalue weighted by Crippen LogP contribution is -2.23. The van der Waals surface area contributed by atoms with Gasteiger partial charge in [0.15, 0.2) is 0 Å². The zero-order chi connectivity index (χ0) is 19.1. The average Bonchev–Trinajstić information content (AvgIpc) is 2.62. The highest BCUT2D eigenvalue weighted by atomic mass is 32.2. The van der Waals surface area contributed by atoms with Crippen LogP contribution in [0.25, 0.3) is 0 Å². The number of benzene rings is 2. The Hall–Kier alpha value is -2.27. The fourth-order valence-electron chi connectivity index (χ4n) is 2.57. The Kier molecular flexibility index (Phi) is 7.27. The van der Waals surface area contributed by atoms with Gasteiger partial charge in [-0.25, -0.2) is 0 Å². The molecule has 2 rings (SSSR count). The molecular formula is C21H26N2O2S. The summed E-state index contributed by atoms with van der Waals surface area (Å²) in [7, 11) is 0. The number of thioether (sulfide) groups is 1. The fraction of sp³-hybridized carbons (Fsp3) is 0.333. The molecule has 0 saturated heterocycles. The highest BCUT2D eigenvalue weighted by Crippen LogP contribution is 2.29. The van der Waals surface area contributed by atoms with E-state index in [-0.39, 0.29) is 17.1 Å². The maximum Gasteiger partial charge on any atom is 0.237 e. The number of carbonyl (C=O) groups is 2. The molecule has 2 N–H and O–H groups in total. The minimum atomic E-state index is -0.230. The molecule has 5 heteroatoms. The summed E-state index contributed by atoms with van der Waals surface area (Å²) in [6.45, 7) is 7.69. The van der Waals surface area contributed by atoms with Gasteiger partial charge in [0.25, 0.3) is 0 Å². The standard InChI is InChI=1S/C21H26N2O2S/c1-5-14(2)19-8-6-7-9-20(19)23-21(25)15(3)26-18-12-10-17(11-13-18)22-16(4)24/h6-15H,5H2,1-4H3,(H,22,24)(H,23,25)/t14-,15-/m0/s1. The zero-order valence-corrected chi connectivity index (χ0v) is 16.5. The number of amides is 2. The number of nitrogens with one attached hydrogen (secondary N) is 2. The first-order valence-electron chi connectivity index (χ1n) is 8.84. The van der Waals surface area contributed by atoms with Crippen molar-refractivity contribution < 1.29 is 9.59 Å². The van der Waals surface area contributed by atoms with Gasteiger partial charge in [-0.1, -0.05) is 32.0 Å². The summed E-state index contributed by atoms with van der Waals surface area (Å²) >= 11 is 1.49. The molecule has 0 radical (unpaired) electrons. The molecular weight excluding hydrogens is 344 g/mol. The van der Waals surface area contributed by atoms with E-state index in [1.807, 2.05) is 49.4 Å². The maximum atomic E-state index is 12.6. The second-order valence-electron chi connectivity index (χ2n) is 6.35. The molecule has 0 fully saturated rings. The van der Waals surface area contributed by atoms with Crippen molar-refractivity contribution >= 4 is 35.0 Å². The highest BCUT2D eigenvalue weighted by molar-refractivity contribution is 8.00.